The molecule has 0 radical (unpaired) electrons. The van der Waals surface area contributed by atoms with Gasteiger partial charge in [0.15, 0.2) is 0 Å². The monoisotopic (exact) mass is 194 g/mol. The van der Waals surface area contributed by atoms with Gasteiger partial charge in [-0.25, -0.2) is 4.79 Å². The minimum Gasteiger partial charge on any atom is -0.477 e. The van der Waals surface area contributed by atoms with Gasteiger partial charge in [-0.3, -0.25) is 4.79 Å². The quantitative estimate of drug-likeness (QED) is 0.724. The molecule has 0 aliphatic heterocycles. The molecule has 0 aromatic rings. The van der Waals surface area contributed by atoms with Crippen LogP contribution in [-0.2, 0) is 9.59 Å². The number of carbonyl (C=O) groups excluding carboxylic acids is 1. The summed E-state index contributed by atoms with van der Waals surface area (Å²) in [6.07, 6.45) is -0.240. The Labute approximate surface area is 74.7 Å². The molecule has 1 atom stereocenters. The van der Waals surface area contributed by atoms with Crippen LogP contribution in [-0.4, -0.2) is 22.8 Å². The largest absolute Gasteiger partial charge is 0.477 e. The number of hydrogen-bond donors (Lipinski definition) is 1. The Hall–Kier alpha value is -1.00. The Morgan fingerprint density at radius 2 is 1.92 bits per heavy atom. The molecule has 76 valence electrons. The van der Waals surface area contributed by atoms with E-state index in [1.165, 1.54) is 0 Å². The van der Waals surface area contributed by atoms with Crippen molar-refractivity contribution in [2.24, 2.45) is 5.92 Å². The summed E-state index contributed by atoms with van der Waals surface area (Å²) in [5, 5.41) is 8.14. The van der Waals surface area contributed by atoms with E-state index in [9.17, 15) is 18.4 Å². The van der Waals surface area contributed by atoms with E-state index in [4.69, 9.17) is 5.11 Å². The summed E-state index contributed by atoms with van der Waals surface area (Å²) >= 11 is 0. The van der Waals surface area contributed by atoms with E-state index in [2.05, 4.69) is 0 Å². The number of Topliss-reactive ketones (excluding diaryl/α,β-unsaturated/α-hetero) is 1. The van der Waals surface area contributed by atoms with Gasteiger partial charge in [-0.1, -0.05) is 13.8 Å². The van der Waals surface area contributed by atoms with Crippen LogP contribution < -0.4 is 0 Å². The van der Waals surface area contributed by atoms with Gasteiger partial charge < -0.3 is 5.11 Å². The van der Waals surface area contributed by atoms with Gasteiger partial charge in [-0.05, 0) is 0 Å². The van der Waals surface area contributed by atoms with E-state index in [1.807, 2.05) is 0 Å². The van der Waals surface area contributed by atoms with Gasteiger partial charge in [-0.15, -0.1) is 0 Å². The lowest BCUT2D eigenvalue weighted by Gasteiger charge is -2.18. The van der Waals surface area contributed by atoms with E-state index in [1.54, 1.807) is 6.92 Å². The number of carboxylic acid groups (broad SMARTS) is 1. The predicted molar refractivity (Wildman–Crippen MR) is 41.7 cm³/mol. The molecule has 0 fully saturated rings. The maximum atomic E-state index is 12.7. The minimum absolute atomic E-state index is 0.153. The lowest BCUT2D eigenvalue weighted by molar-refractivity contribution is -0.173. The molecule has 0 aliphatic rings. The molecule has 0 aliphatic carbocycles. The lowest BCUT2D eigenvalue weighted by atomic mass is 9.96. The Morgan fingerprint density at radius 1 is 1.46 bits per heavy atom. The molecule has 0 bridgehead atoms. The molecule has 0 heterocycles. The summed E-state index contributed by atoms with van der Waals surface area (Å²) < 4.78 is 25.4. The molecule has 0 spiro atoms. The van der Waals surface area contributed by atoms with Crippen LogP contribution in [0.4, 0.5) is 8.78 Å². The Bertz CT molecular complexity index is 213. The van der Waals surface area contributed by atoms with Crippen molar-refractivity contribution in [2.75, 3.05) is 0 Å². The maximum absolute atomic E-state index is 12.7. The standard InChI is InChI=1S/C8H12F2O3/c1-3-6(11)4-5(2)8(9,10)7(12)13/h5H,3-4H2,1-2H3,(H,12,13). The van der Waals surface area contributed by atoms with E-state index in [0.29, 0.717) is 0 Å². The second-order valence-electron chi connectivity index (χ2n) is 2.93. The molecule has 1 N–H and O–H groups in total. The van der Waals surface area contributed by atoms with E-state index >= 15 is 0 Å². The molecule has 3 nitrogen and oxygen atoms in total. The Balaban J connectivity index is 4.33. The van der Waals surface area contributed by atoms with Gasteiger partial charge in [0, 0.05) is 18.8 Å². The topological polar surface area (TPSA) is 54.4 Å². The van der Waals surface area contributed by atoms with Crippen LogP contribution in [0.15, 0.2) is 0 Å². The van der Waals surface area contributed by atoms with Crippen LogP contribution in [0, 0.1) is 5.92 Å². The first kappa shape index (κ1) is 12.0. The molecule has 0 amide bonds. The molecule has 5 heteroatoms. The van der Waals surface area contributed by atoms with Gasteiger partial charge in [0.05, 0.1) is 0 Å². The summed E-state index contributed by atoms with van der Waals surface area (Å²) in [5.41, 5.74) is 0. The molecule has 13 heavy (non-hydrogen) atoms. The highest BCUT2D eigenvalue weighted by Crippen LogP contribution is 2.27. The predicted octanol–water partition coefficient (Wildman–Crippen LogP) is 1.71. The third kappa shape index (κ3) is 3.08. The number of rotatable bonds is 5. The average molecular weight is 194 g/mol. The number of aliphatic carboxylic acids is 1. The molecule has 0 aromatic heterocycles. The van der Waals surface area contributed by atoms with Crippen molar-refractivity contribution < 1.29 is 23.5 Å². The van der Waals surface area contributed by atoms with Gasteiger partial charge in [-0.2, -0.15) is 8.78 Å². The van der Waals surface area contributed by atoms with Gasteiger partial charge in [0.1, 0.15) is 5.78 Å². The number of halogens is 2. The van der Waals surface area contributed by atoms with Crippen molar-refractivity contribution in [3.05, 3.63) is 0 Å². The Morgan fingerprint density at radius 3 is 2.23 bits per heavy atom. The van der Waals surface area contributed by atoms with Crippen molar-refractivity contribution in [3.63, 3.8) is 0 Å². The van der Waals surface area contributed by atoms with Crippen LogP contribution in [0.5, 0.6) is 0 Å². The van der Waals surface area contributed by atoms with Gasteiger partial charge >= 0.3 is 11.9 Å². The van der Waals surface area contributed by atoms with Crippen LogP contribution in [0.1, 0.15) is 26.7 Å². The van der Waals surface area contributed by atoms with E-state index in [0.717, 1.165) is 6.92 Å². The molecular formula is C8H12F2O3. The van der Waals surface area contributed by atoms with E-state index in [-0.39, 0.29) is 12.2 Å². The fourth-order valence-electron chi connectivity index (χ4n) is 0.825. The average Bonchev–Trinajstić information content (AvgIpc) is 2.03. The normalized spacial score (nSPS) is 13.8. The number of hydrogen-bond acceptors (Lipinski definition) is 2. The van der Waals surface area contributed by atoms with Crippen molar-refractivity contribution in [3.8, 4) is 0 Å². The van der Waals surface area contributed by atoms with Crippen LogP contribution in [0.3, 0.4) is 0 Å². The number of carbonyl (C=O) groups is 2. The minimum atomic E-state index is -3.81. The zero-order valence-electron chi connectivity index (χ0n) is 7.51. The van der Waals surface area contributed by atoms with Crippen molar-refractivity contribution in [1.82, 2.24) is 0 Å². The number of ketones is 1. The van der Waals surface area contributed by atoms with Crippen molar-refractivity contribution >= 4 is 11.8 Å². The van der Waals surface area contributed by atoms with Crippen molar-refractivity contribution in [2.45, 2.75) is 32.6 Å². The van der Waals surface area contributed by atoms with Gasteiger partial charge in [0.2, 0.25) is 0 Å². The van der Waals surface area contributed by atoms with Crippen LogP contribution in [0.25, 0.3) is 0 Å². The summed E-state index contributed by atoms with van der Waals surface area (Å²) in [4.78, 5) is 20.8. The molecule has 0 rings (SSSR count). The molecule has 1 unspecified atom stereocenters. The summed E-state index contributed by atoms with van der Waals surface area (Å²) in [6.45, 7) is 2.61. The van der Waals surface area contributed by atoms with E-state index < -0.39 is 24.2 Å². The number of alkyl halides is 2. The molecule has 0 saturated carbocycles. The summed E-state index contributed by atoms with van der Waals surface area (Å²) in [7, 11) is 0. The highest BCUT2D eigenvalue weighted by Gasteiger charge is 2.45. The first-order chi connectivity index (χ1) is 5.82. The lowest BCUT2D eigenvalue weighted by Crippen LogP contribution is -2.36. The first-order valence-electron chi connectivity index (χ1n) is 3.95. The highest BCUT2D eigenvalue weighted by molar-refractivity contribution is 5.81. The first-order valence-corrected chi connectivity index (χ1v) is 3.95. The zero-order chi connectivity index (χ0) is 10.6. The molecule has 0 saturated heterocycles. The SMILES string of the molecule is CCC(=O)CC(C)C(F)(F)C(=O)O. The Kier molecular flexibility index (Phi) is 3.97. The zero-order valence-corrected chi connectivity index (χ0v) is 7.51. The maximum Gasteiger partial charge on any atom is 0.374 e. The fourth-order valence-corrected chi connectivity index (χ4v) is 0.825. The van der Waals surface area contributed by atoms with Crippen molar-refractivity contribution in [1.29, 1.82) is 0 Å². The second kappa shape index (κ2) is 4.30. The fraction of sp³-hybridized carbons (Fsp3) is 0.750. The third-order valence-corrected chi connectivity index (χ3v) is 1.83. The molecular weight excluding hydrogens is 182 g/mol. The number of carboxylic acids is 1. The summed E-state index contributed by atoms with van der Waals surface area (Å²) in [5.74, 6) is -7.79. The smallest absolute Gasteiger partial charge is 0.374 e. The second-order valence-corrected chi connectivity index (χ2v) is 2.93. The third-order valence-electron chi connectivity index (χ3n) is 1.83. The van der Waals surface area contributed by atoms with Crippen LogP contribution >= 0.6 is 0 Å². The molecule has 0 aromatic carbocycles. The van der Waals surface area contributed by atoms with Crippen LogP contribution in [0.2, 0.25) is 0 Å². The van der Waals surface area contributed by atoms with Gasteiger partial charge in [0.25, 0.3) is 0 Å². The highest BCUT2D eigenvalue weighted by atomic mass is 19.3. The summed E-state index contributed by atoms with van der Waals surface area (Å²) in [6, 6.07) is 0.